The summed E-state index contributed by atoms with van der Waals surface area (Å²) in [6.45, 7) is 4.94. The first-order chi connectivity index (χ1) is 8.08. The van der Waals surface area contributed by atoms with Crippen LogP contribution in [-0.2, 0) is 9.53 Å². The number of nitrogens with two attached hydrogens (primary N) is 1. The van der Waals surface area contributed by atoms with Gasteiger partial charge in [-0.25, -0.2) is 0 Å². The zero-order valence-corrected chi connectivity index (χ0v) is 10.4. The lowest BCUT2D eigenvalue weighted by molar-refractivity contribution is -0.120. The third kappa shape index (κ3) is 5.92. The van der Waals surface area contributed by atoms with E-state index in [0.717, 1.165) is 6.42 Å². The van der Waals surface area contributed by atoms with Gasteiger partial charge >= 0.3 is 0 Å². The van der Waals surface area contributed by atoms with Crippen LogP contribution in [0.4, 0.5) is 11.4 Å². The standard InChI is InChI=1S/C13H20N2O2/c1-10(2)6-7-17-9-13(16)15-12-5-3-4-11(14)8-12/h3-5,8,10H,6-7,9,14H2,1-2H3,(H,15,16). The van der Waals surface area contributed by atoms with Crippen molar-refractivity contribution in [2.75, 3.05) is 24.3 Å². The van der Waals surface area contributed by atoms with Crippen molar-refractivity contribution >= 4 is 17.3 Å². The summed E-state index contributed by atoms with van der Waals surface area (Å²) < 4.78 is 5.27. The van der Waals surface area contributed by atoms with E-state index in [-0.39, 0.29) is 12.5 Å². The van der Waals surface area contributed by atoms with Gasteiger partial charge in [0.2, 0.25) is 5.91 Å². The van der Waals surface area contributed by atoms with E-state index in [4.69, 9.17) is 10.5 Å². The van der Waals surface area contributed by atoms with E-state index in [1.54, 1.807) is 24.3 Å². The van der Waals surface area contributed by atoms with E-state index >= 15 is 0 Å². The van der Waals surface area contributed by atoms with Crippen LogP contribution in [0.5, 0.6) is 0 Å². The molecule has 1 amide bonds. The molecule has 3 N–H and O–H groups in total. The number of nitrogen functional groups attached to an aromatic ring is 1. The van der Waals surface area contributed by atoms with E-state index in [1.165, 1.54) is 0 Å². The van der Waals surface area contributed by atoms with Crippen LogP contribution in [0.3, 0.4) is 0 Å². The Hall–Kier alpha value is -1.55. The fourth-order valence-electron chi connectivity index (χ4n) is 1.30. The van der Waals surface area contributed by atoms with Crippen molar-refractivity contribution in [2.45, 2.75) is 20.3 Å². The van der Waals surface area contributed by atoms with Gasteiger partial charge in [0.25, 0.3) is 0 Å². The van der Waals surface area contributed by atoms with E-state index in [2.05, 4.69) is 19.2 Å². The topological polar surface area (TPSA) is 64.3 Å². The number of ether oxygens (including phenoxy) is 1. The molecule has 0 heterocycles. The highest BCUT2D eigenvalue weighted by Gasteiger charge is 2.03. The maximum Gasteiger partial charge on any atom is 0.250 e. The predicted molar refractivity (Wildman–Crippen MR) is 69.8 cm³/mol. The second-order valence-corrected chi connectivity index (χ2v) is 4.41. The summed E-state index contributed by atoms with van der Waals surface area (Å²) in [5, 5.41) is 2.73. The minimum absolute atomic E-state index is 0.0848. The lowest BCUT2D eigenvalue weighted by atomic mass is 10.1. The zero-order valence-electron chi connectivity index (χ0n) is 10.4. The molecule has 1 aromatic rings. The molecule has 0 aliphatic carbocycles. The van der Waals surface area contributed by atoms with Gasteiger partial charge in [-0.15, -0.1) is 0 Å². The highest BCUT2D eigenvalue weighted by atomic mass is 16.5. The molecular formula is C13H20N2O2. The zero-order chi connectivity index (χ0) is 12.7. The van der Waals surface area contributed by atoms with Crippen LogP contribution >= 0.6 is 0 Å². The number of rotatable bonds is 6. The molecule has 4 nitrogen and oxygen atoms in total. The molecule has 0 aliphatic heterocycles. The van der Waals surface area contributed by atoms with Gasteiger partial charge in [-0.1, -0.05) is 19.9 Å². The van der Waals surface area contributed by atoms with Gasteiger partial charge in [0, 0.05) is 18.0 Å². The SMILES string of the molecule is CC(C)CCOCC(=O)Nc1cccc(N)c1. The molecule has 0 atom stereocenters. The number of hydrogen-bond acceptors (Lipinski definition) is 3. The minimum atomic E-state index is -0.153. The van der Waals surface area contributed by atoms with Crippen LogP contribution in [0, 0.1) is 5.92 Å². The monoisotopic (exact) mass is 236 g/mol. The highest BCUT2D eigenvalue weighted by molar-refractivity contribution is 5.92. The first kappa shape index (κ1) is 13.5. The molecule has 0 saturated heterocycles. The van der Waals surface area contributed by atoms with Crippen LogP contribution in [0.1, 0.15) is 20.3 Å². The quantitative estimate of drug-likeness (QED) is 0.588. The minimum Gasteiger partial charge on any atom is -0.399 e. The number of anilines is 2. The molecule has 94 valence electrons. The maximum atomic E-state index is 11.5. The lowest BCUT2D eigenvalue weighted by Crippen LogP contribution is -2.19. The average Bonchev–Trinajstić information content (AvgIpc) is 2.24. The fourth-order valence-corrected chi connectivity index (χ4v) is 1.30. The van der Waals surface area contributed by atoms with Crippen LogP contribution in [-0.4, -0.2) is 19.1 Å². The largest absolute Gasteiger partial charge is 0.399 e. The Kier molecular flexibility index (Phi) is 5.49. The van der Waals surface area contributed by atoms with E-state index in [1.807, 2.05) is 0 Å². The van der Waals surface area contributed by atoms with Gasteiger partial charge < -0.3 is 15.8 Å². The Morgan fingerprint density at radius 2 is 2.24 bits per heavy atom. The number of benzene rings is 1. The van der Waals surface area contributed by atoms with Gasteiger partial charge in [-0.05, 0) is 30.5 Å². The van der Waals surface area contributed by atoms with Crippen LogP contribution < -0.4 is 11.1 Å². The second-order valence-electron chi connectivity index (χ2n) is 4.41. The predicted octanol–water partition coefficient (Wildman–Crippen LogP) is 2.27. The van der Waals surface area contributed by atoms with Gasteiger partial charge in [-0.3, -0.25) is 4.79 Å². The molecule has 1 rings (SSSR count). The lowest BCUT2D eigenvalue weighted by Gasteiger charge is -2.08. The Balaban J connectivity index is 2.25. The van der Waals surface area contributed by atoms with Crippen molar-refractivity contribution in [3.63, 3.8) is 0 Å². The molecule has 0 bridgehead atoms. The van der Waals surface area contributed by atoms with Crippen LogP contribution in [0.25, 0.3) is 0 Å². The summed E-state index contributed by atoms with van der Waals surface area (Å²) >= 11 is 0. The molecule has 0 unspecified atom stereocenters. The summed E-state index contributed by atoms with van der Waals surface area (Å²) in [5.41, 5.74) is 6.93. The molecule has 0 aromatic heterocycles. The molecule has 4 heteroatoms. The third-order valence-electron chi connectivity index (χ3n) is 2.24. The Morgan fingerprint density at radius 1 is 1.47 bits per heavy atom. The Morgan fingerprint density at radius 3 is 2.88 bits per heavy atom. The molecule has 0 spiro atoms. The second kappa shape index (κ2) is 6.91. The summed E-state index contributed by atoms with van der Waals surface area (Å²) in [6, 6.07) is 7.08. The van der Waals surface area contributed by atoms with Gasteiger partial charge in [-0.2, -0.15) is 0 Å². The third-order valence-corrected chi connectivity index (χ3v) is 2.24. The van der Waals surface area contributed by atoms with Crippen molar-refractivity contribution < 1.29 is 9.53 Å². The van der Waals surface area contributed by atoms with Crippen molar-refractivity contribution in [2.24, 2.45) is 5.92 Å². The summed E-state index contributed by atoms with van der Waals surface area (Å²) in [7, 11) is 0. The Labute approximate surface area is 102 Å². The summed E-state index contributed by atoms with van der Waals surface area (Å²) in [4.78, 5) is 11.5. The van der Waals surface area contributed by atoms with Crippen LogP contribution in [0.2, 0.25) is 0 Å². The number of hydrogen-bond donors (Lipinski definition) is 2. The van der Waals surface area contributed by atoms with Gasteiger partial charge in [0.1, 0.15) is 6.61 Å². The average molecular weight is 236 g/mol. The number of carbonyl (C=O) groups is 1. The summed E-state index contributed by atoms with van der Waals surface area (Å²) in [5.74, 6) is 0.436. The molecule has 0 saturated carbocycles. The van der Waals surface area contributed by atoms with Crippen molar-refractivity contribution in [1.29, 1.82) is 0 Å². The maximum absolute atomic E-state index is 11.5. The fraction of sp³-hybridized carbons (Fsp3) is 0.462. The molecule has 0 aliphatic rings. The highest BCUT2D eigenvalue weighted by Crippen LogP contribution is 2.11. The van der Waals surface area contributed by atoms with Crippen LogP contribution in [0.15, 0.2) is 24.3 Å². The molecular weight excluding hydrogens is 216 g/mol. The van der Waals surface area contributed by atoms with Crippen molar-refractivity contribution in [3.05, 3.63) is 24.3 Å². The normalized spacial score (nSPS) is 10.5. The van der Waals surface area contributed by atoms with Gasteiger partial charge in [0.15, 0.2) is 0 Å². The number of carbonyl (C=O) groups excluding carboxylic acids is 1. The first-order valence-corrected chi connectivity index (χ1v) is 5.81. The molecule has 0 fully saturated rings. The summed E-state index contributed by atoms with van der Waals surface area (Å²) in [6.07, 6.45) is 0.964. The smallest absolute Gasteiger partial charge is 0.250 e. The van der Waals surface area contributed by atoms with E-state index in [0.29, 0.717) is 23.9 Å². The molecule has 17 heavy (non-hydrogen) atoms. The molecule has 0 radical (unpaired) electrons. The van der Waals surface area contributed by atoms with Crippen molar-refractivity contribution in [3.8, 4) is 0 Å². The Bertz CT molecular complexity index is 364. The number of amides is 1. The number of nitrogens with one attached hydrogen (secondary N) is 1. The van der Waals surface area contributed by atoms with Gasteiger partial charge in [0.05, 0.1) is 0 Å². The molecule has 1 aromatic carbocycles. The van der Waals surface area contributed by atoms with E-state index in [9.17, 15) is 4.79 Å². The first-order valence-electron chi connectivity index (χ1n) is 5.81. The van der Waals surface area contributed by atoms with Crippen molar-refractivity contribution in [1.82, 2.24) is 0 Å². The van der Waals surface area contributed by atoms with E-state index < -0.39 is 0 Å².